The Kier molecular flexibility index (Phi) is 7.44. The second kappa shape index (κ2) is 7.70. The number of allylic oxidation sites excluding steroid dienone is 2. The average molecular weight is 127 g/mol. The van der Waals surface area contributed by atoms with Gasteiger partial charge in [0.2, 0.25) is 0 Å². The molecule has 0 atom stereocenters. The van der Waals surface area contributed by atoms with Gasteiger partial charge in [-0.05, 0) is 32.6 Å². The van der Waals surface area contributed by atoms with Crippen LogP contribution in [0.15, 0.2) is 12.2 Å². The number of hydrogen-bond donors (Lipinski definition) is 1. The van der Waals surface area contributed by atoms with E-state index >= 15 is 0 Å². The quantitative estimate of drug-likeness (QED) is 0.442. The topological polar surface area (TPSA) is 20.2 Å². The van der Waals surface area contributed by atoms with Crippen LogP contribution >= 0.6 is 0 Å². The van der Waals surface area contributed by atoms with Crippen LogP contribution in [0.5, 0.6) is 0 Å². The van der Waals surface area contributed by atoms with E-state index in [0.29, 0.717) is 6.61 Å². The van der Waals surface area contributed by atoms with Crippen molar-refractivity contribution < 1.29 is 5.11 Å². The van der Waals surface area contributed by atoms with Crippen LogP contribution in [-0.4, -0.2) is 11.7 Å². The maximum atomic E-state index is 8.39. The molecule has 0 saturated heterocycles. The second-order valence-corrected chi connectivity index (χ2v) is 1.98. The Balaban J connectivity index is 2.82. The third-order valence-electron chi connectivity index (χ3n) is 1.11. The van der Waals surface area contributed by atoms with E-state index in [0.717, 1.165) is 25.7 Å². The summed E-state index contributed by atoms with van der Waals surface area (Å²) in [7, 11) is 0. The van der Waals surface area contributed by atoms with E-state index in [-0.39, 0.29) is 0 Å². The zero-order valence-electron chi connectivity index (χ0n) is 5.84. The molecule has 1 nitrogen and oxygen atoms in total. The number of unbranched alkanes of at least 4 members (excludes halogenated alkanes) is 2. The summed E-state index contributed by atoms with van der Waals surface area (Å²) >= 11 is 0. The van der Waals surface area contributed by atoms with Crippen molar-refractivity contribution in [3.8, 4) is 0 Å². The third kappa shape index (κ3) is 7.70. The zero-order valence-corrected chi connectivity index (χ0v) is 5.84. The van der Waals surface area contributed by atoms with Gasteiger partial charge in [0.25, 0.3) is 0 Å². The lowest BCUT2D eigenvalue weighted by Gasteiger charge is -1.89. The van der Waals surface area contributed by atoms with Crippen molar-refractivity contribution in [1.29, 1.82) is 0 Å². The van der Waals surface area contributed by atoms with E-state index in [4.69, 9.17) is 5.11 Å². The van der Waals surface area contributed by atoms with Gasteiger partial charge in [-0.25, -0.2) is 0 Å². The van der Waals surface area contributed by atoms with Gasteiger partial charge >= 0.3 is 0 Å². The minimum atomic E-state index is 0.318. The highest BCUT2D eigenvalue weighted by Crippen LogP contribution is 1.95. The van der Waals surface area contributed by atoms with Gasteiger partial charge in [0.15, 0.2) is 0 Å². The summed E-state index contributed by atoms with van der Waals surface area (Å²) in [6, 6.07) is 0. The highest BCUT2D eigenvalue weighted by atomic mass is 16.2. The zero-order chi connectivity index (χ0) is 6.95. The maximum Gasteiger partial charge on any atom is 0.0431 e. The molecule has 53 valence electrons. The van der Waals surface area contributed by atoms with E-state index in [1.165, 1.54) is 0 Å². The molecule has 0 aromatic rings. The molecule has 0 aliphatic heterocycles. The van der Waals surface area contributed by atoms with Crippen LogP contribution in [-0.2, 0) is 0 Å². The molecule has 1 radical (unpaired) electrons. The first-order valence-corrected chi connectivity index (χ1v) is 3.47. The summed E-state index contributed by atoms with van der Waals surface area (Å²) in [4.78, 5) is 0. The lowest BCUT2D eigenvalue weighted by atomic mass is 10.2. The molecular weight excluding hydrogens is 112 g/mol. The fourth-order valence-corrected chi connectivity index (χ4v) is 0.610. The Labute approximate surface area is 57.4 Å². The fourth-order valence-electron chi connectivity index (χ4n) is 0.610. The minimum absolute atomic E-state index is 0.318. The van der Waals surface area contributed by atoms with E-state index in [1.807, 2.05) is 0 Å². The first-order chi connectivity index (χ1) is 4.41. The Bertz CT molecular complexity index is 67.0. The molecule has 0 amide bonds. The first kappa shape index (κ1) is 8.70. The SMILES string of the molecule is [CH2]C/C=C/CCCCO. The molecule has 0 rings (SSSR count). The lowest BCUT2D eigenvalue weighted by Crippen LogP contribution is -1.79. The van der Waals surface area contributed by atoms with Crippen molar-refractivity contribution in [1.82, 2.24) is 0 Å². The molecule has 0 aliphatic rings. The third-order valence-corrected chi connectivity index (χ3v) is 1.11. The van der Waals surface area contributed by atoms with Crippen LogP contribution in [0.25, 0.3) is 0 Å². The van der Waals surface area contributed by atoms with Crippen molar-refractivity contribution in [3.05, 3.63) is 19.1 Å². The summed E-state index contributed by atoms with van der Waals surface area (Å²) in [6.07, 6.45) is 8.13. The van der Waals surface area contributed by atoms with E-state index in [9.17, 15) is 0 Å². The van der Waals surface area contributed by atoms with Crippen molar-refractivity contribution in [3.63, 3.8) is 0 Å². The summed E-state index contributed by atoms with van der Waals surface area (Å²) < 4.78 is 0. The first-order valence-electron chi connectivity index (χ1n) is 3.47. The molecule has 0 aromatic heterocycles. The number of aliphatic hydroxyl groups is 1. The molecule has 0 fully saturated rings. The summed E-state index contributed by atoms with van der Waals surface area (Å²) in [6.45, 7) is 3.98. The van der Waals surface area contributed by atoms with Crippen molar-refractivity contribution in [2.75, 3.05) is 6.61 Å². The van der Waals surface area contributed by atoms with Gasteiger partial charge in [-0.1, -0.05) is 12.2 Å². The van der Waals surface area contributed by atoms with E-state index in [1.54, 1.807) is 0 Å². The lowest BCUT2D eigenvalue weighted by molar-refractivity contribution is 0.285. The molecule has 0 bridgehead atoms. The smallest absolute Gasteiger partial charge is 0.0431 e. The molecule has 9 heavy (non-hydrogen) atoms. The largest absolute Gasteiger partial charge is 0.396 e. The van der Waals surface area contributed by atoms with Crippen LogP contribution in [0.4, 0.5) is 0 Å². The van der Waals surface area contributed by atoms with Crippen molar-refractivity contribution >= 4 is 0 Å². The fraction of sp³-hybridized carbons (Fsp3) is 0.625. The number of aliphatic hydroxyl groups excluding tert-OH is 1. The summed E-state index contributed by atoms with van der Waals surface area (Å²) in [5, 5.41) is 8.39. The van der Waals surface area contributed by atoms with Crippen LogP contribution in [0, 0.1) is 6.92 Å². The molecular formula is C8H15O. The molecule has 0 saturated carbocycles. The molecule has 0 aromatic carbocycles. The van der Waals surface area contributed by atoms with Crippen LogP contribution in [0.1, 0.15) is 25.7 Å². The average Bonchev–Trinajstić information content (AvgIpc) is 1.89. The van der Waals surface area contributed by atoms with Crippen LogP contribution in [0.2, 0.25) is 0 Å². The van der Waals surface area contributed by atoms with Crippen LogP contribution in [0.3, 0.4) is 0 Å². The monoisotopic (exact) mass is 127 g/mol. The van der Waals surface area contributed by atoms with Gasteiger partial charge in [-0.15, -0.1) is 0 Å². The number of rotatable bonds is 5. The normalized spacial score (nSPS) is 10.9. The Morgan fingerprint density at radius 2 is 2.00 bits per heavy atom. The molecule has 1 heteroatoms. The maximum absolute atomic E-state index is 8.39. The Hall–Kier alpha value is -0.300. The molecule has 0 unspecified atom stereocenters. The van der Waals surface area contributed by atoms with Gasteiger partial charge in [-0.3, -0.25) is 0 Å². The summed E-state index contributed by atoms with van der Waals surface area (Å²) in [5.74, 6) is 0. The molecule has 1 N–H and O–H groups in total. The minimum Gasteiger partial charge on any atom is -0.396 e. The van der Waals surface area contributed by atoms with Gasteiger partial charge in [0, 0.05) is 6.61 Å². The van der Waals surface area contributed by atoms with Crippen molar-refractivity contribution in [2.45, 2.75) is 25.7 Å². The van der Waals surface area contributed by atoms with Gasteiger partial charge in [0.1, 0.15) is 0 Å². The highest BCUT2D eigenvalue weighted by Gasteiger charge is 1.80. The Morgan fingerprint density at radius 1 is 1.22 bits per heavy atom. The van der Waals surface area contributed by atoms with E-state index in [2.05, 4.69) is 19.1 Å². The Morgan fingerprint density at radius 3 is 2.56 bits per heavy atom. The second-order valence-electron chi connectivity index (χ2n) is 1.98. The highest BCUT2D eigenvalue weighted by molar-refractivity contribution is 4.81. The van der Waals surface area contributed by atoms with Gasteiger partial charge in [0.05, 0.1) is 0 Å². The van der Waals surface area contributed by atoms with Crippen molar-refractivity contribution in [2.24, 2.45) is 0 Å². The summed E-state index contributed by atoms with van der Waals surface area (Å²) in [5.41, 5.74) is 0. The molecule has 0 heterocycles. The van der Waals surface area contributed by atoms with Gasteiger partial charge < -0.3 is 5.11 Å². The standard InChI is InChI=1S/C8H15O/c1-2-3-4-5-6-7-8-9/h3-4,9H,1-2,5-8H2/b4-3+. The van der Waals surface area contributed by atoms with Crippen LogP contribution < -0.4 is 0 Å². The predicted octanol–water partition coefficient (Wildman–Crippen LogP) is 1.93. The predicted molar refractivity (Wildman–Crippen MR) is 40.1 cm³/mol. The van der Waals surface area contributed by atoms with E-state index < -0.39 is 0 Å². The molecule has 0 aliphatic carbocycles. The number of hydrogen-bond acceptors (Lipinski definition) is 1. The van der Waals surface area contributed by atoms with Gasteiger partial charge in [-0.2, -0.15) is 0 Å². The molecule has 0 spiro atoms.